The van der Waals surface area contributed by atoms with E-state index in [4.69, 9.17) is 0 Å². The number of aliphatic hydroxyl groups is 1. The summed E-state index contributed by atoms with van der Waals surface area (Å²) in [6, 6.07) is 9.76. The van der Waals surface area contributed by atoms with Crippen molar-refractivity contribution >= 4 is 0 Å². The summed E-state index contributed by atoms with van der Waals surface area (Å²) in [6.07, 6.45) is -0.460. The van der Waals surface area contributed by atoms with Crippen LogP contribution < -0.4 is 0 Å². The third-order valence-electron chi connectivity index (χ3n) is 2.94. The lowest BCUT2D eigenvalue weighted by molar-refractivity contribution is 0.0164. The molecule has 0 amide bonds. The lowest BCUT2D eigenvalue weighted by Gasteiger charge is -2.37. The number of aliphatic hydroxyl groups excluding tert-OH is 1. The van der Waals surface area contributed by atoms with Gasteiger partial charge in [0.15, 0.2) is 0 Å². The van der Waals surface area contributed by atoms with Gasteiger partial charge in [0.05, 0.1) is 6.10 Å². The van der Waals surface area contributed by atoms with E-state index in [1.165, 1.54) is 0 Å². The van der Waals surface area contributed by atoms with Crippen LogP contribution in [0.15, 0.2) is 30.3 Å². The first kappa shape index (κ1) is 11.2. The SMILES string of the molecule is CN(C)C(C)(C)[C@@H](O)c1ccccc1. The zero-order chi connectivity index (χ0) is 10.8. The van der Waals surface area contributed by atoms with E-state index in [0.717, 1.165) is 5.56 Å². The van der Waals surface area contributed by atoms with E-state index in [-0.39, 0.29) is 5.54 Å². The third-order valence-corrected chi connectivity index (χ3v) is 2.94. The number of nitrogens with zero attached hydrogens (tertiary/aromatic N) is 1. The predicted molar refractivity (Wildman–Crippen MR) is 59.2 cm³/mol. The molecule has 0 unspecified atom stereocenters. The van der Waals surface area contributed by atoms with Crippen molar-refractivity contribution in [2.45, 2.75) is 25.5 Å². The Morgan fingerprint density at radius 2 is 1.64 bits per heavy atom. The molecule has 0 radical (unpaired) electrons. The molecule has 0 fully saturated rings. The highest BCUT2D eigenvalue weighted by Crippen LogP contribution is 2.28. The Morgan fingerprint density at radius 3 is 2.07 bits per heavy atom. The maximum Gasteiger partial charge on any atom is 0.0967 e. The van der Waals surface area contributed by atoms with Gasteiger partial charge in [-0.25, -0.2) is 0 Å². The van der Waals surface area contributed by atoms with Gasteiger partial charge in [0, 0.05) is 5.54 Å². The van der Waals surface area contributed by atoms with E-state index >= 15 is 0 Å². The van der Waals surface area contributed by atoms with Crippen LogP contribution in [0.3, 0.4) is 0 Å². The van der Waals surface area contributed by atoms with E-state index in [1.54, 1.807) is 0 Å². The minimum Gasteiger partial charge on any atom is -0.386 e. The van der Waals surface area contributed by atoms with Crippen molar-refractivity contribution in [3.8, 4) is 0 Å². The third kappa shape index (κ3) is 2.14. The predicted octanol–water partition coefficient (Wildman–Crippen LogP) is 2.06. The summed E-state index contributed by atoms with van der Waals surface area (Å²) < 4.78 is 0. The molecule has 0 aliphatic rings. The molecule has 0 spiro atoms. The summed E-state index contributed by atoms with van der Waals surface area (Å²) in [7, 11) is 3.96. The Balaban J connectivity index is 2.90. The molecule has 0 saturated heterocycles. The second kappa shape index (κ2) is 4.11. The van der Waals surface area contributed by atoms with Crippen LogP contribution in [-0.4, -0.2) is 29.6 Å². The van der Waals surface area contributed by atoms with Crippen LogP contribution in [0.5, 0.6) is 0 Å². The molecule has 2 heteroatoms. The topological polar surface area (TPSA) is 23.5 Å². The second-order valence-corrected chi connectivity index (χ2v) is 4.36. The zero-order valence-electron chi connectivity index (χ0n) is 9.36. The summed E-state index contributed by atoms with van der Waals surface area (Å²) in [6.45, 7) is 4.06. The first-order valence-corrected chi connectivity index (χ1v) is 4.86. The summed E-state index contributed by atoms with van der Waals surface area (Å²) >= 11 is 0. The van der Waals surface area contributed by atoms with Crippen molar-refractivity contribution in [2.24, 2.45) is 0 Å². The minimum atomic E-state index is -0.460. The molecule has 1 aromatic rings. The molecule has 0 aliphatic heterocycles. The largest absolute Gasteiger partial charge is 0.386 e. The van der Waals surface area contributed by atoms with Gasteiger partial charge in [-0.15, -0.1) is 0 Å². The Hall–Kier alpha value is -0.860. The lowest BCUT2D eigenvalue weighted by Crippen LogP contribution is -2.43. The molecule has 0 heterocycles. The van der Waals surface area contributed by atoms with Crippen LogP contribution >= 0.6 is 0 Å². The number of benzene rings is 1. The molecule has 0 saturated carbocycles. The highest BCUT2D eigenvalue weighted by Gasteiger charge is 2.30. The summed E-state index contributed by atoms with van der Waals surface area (Å²) in [5.74, 6) is 0. The van der Waals surface area contributed by atoms with E-state index in [2.05, 4.69) is 0 Å². The molecule has 78 valence electrons. The van der Waals surface area contributed by atoms with Gasteiger partial charge in [0.2, 0.25) is 0 Å². The molecular formula is C12H19NO. The Morgan fingerprint density at radius 1 is 1.14 bits per heavy atom. The maximum atomic E-state index is 10.2. The normalized spacial score (nSPS) is 14.4. The van der Waals surface area contributed by atoms with Crippen LogP contribution in [0.1, 0.15) is 25.5 Å². The average molecular weight is 193 g/mol. The van der Waals surface area contributed by atoms with Crippen molar-refractivity contribution in [1.29, 1.82) is 0 Å². The molecule has 14 heavy (non-hydrogen) atoms. The molecule has 0 aromatic heterocycles. The van der Waals surface area contributed by atoms with Crippen LogP contribution in [-0.2, 0) is 0 Å². The smallest absolute Gasteiger partial charge is 0.0967 e. The average Bonchev–Trinajstić information content (AvgIpc) is 2.17. The first-order valence-electron chi connectivity index (χ1n) is 4.86. The highest BCUT2D eigenvalue weighted by molar-refractivity contribution is 5.20. The van der Waals surface area contributed by atoms with E-state index in [0.29, 0.717) is 0 Å². The molecule has 1 N–H and O–H groups in total. The number of hydrogen-bond donors (Lipinski definition) is 1. The molecule has 0 bridgehead atoms. The van der Waals surface area contributed by atoms with Crippen LogP contribution in [0.2, 0.25) is 0 Å². The standard InChI is InChI=1S/C12H19NO/c1-12(2,13(3)4)11(14)10-8-6-5-7-9-10/h5-9,11,14H,1-4H3/t11-/m0/s1. The van der Waals surface area contributed by atoms with E-state index < -0.39 is 6.10 Å². The lowest BCUT2D eigenvalue weighted by atomic mass is 9.90. The van der Waals surface area contributed by atoms with E-state index in [1.807, 2.05) is 63.2 Å². The van der Waals surface area contributed by atoms with Crippen molar-refractivity contribution in [3.63, 3.8) is 0 Å². The van der Waals surface area contributed by atoms with Gasteiger partial charge in [0.25, 0.3) is 0 Å². The van der Waals surface area contributed by atoms with Crippen molar-refractivity contribution in [2.75, 3.05) is 14.1 Å². The summed E-state index contributed by atoms with van der Waals surface area (Å²) in [5.41, 5.74) is 0.715. The maximum absolute atomic E-state index is 10.2. The quantitative estimate of drug-likeness (QED) is 0.794. The number of hydrogen-bond acceptors (Lipinski definition) is 2. The fourth-order valence-electron chi connectivity index (χ4n) is 1.29. The fraction of sp³-hybridized carbons (Fsp3) is 0.500. The molecule has 2 nitrogen and oxygen atoms in total. The number of likely N-dealkylation sites (N-methyl/N-ethyl adjacent to an activating group) is 1. The monoisotopic (exact) mass is 193 g/mol. The van der Waals surface area contributed by atoms with Gasteiger partial charge >= 0.3 is 0 Å². The van der Waals surface area contributed by atoms with Crippen molar-refractivity contribution in [3.05, 3.63) is 35.9 Å². The Labute approximate surface area is 86.2 Å². The van der Waals surface area contributed by atoms with E-state index in [9.17, 15) is 5.11 Å². The van der Waals surface area contributed by atoms with Crippen LogP contribution in [0.4, 0.5) is 0 Å². The van der Waals surface area contributed by atoms with Crippen molar-refractivity contribution < 1.29 is 5.11 Å². The summed E-state index contributed by atoms with van der Waals surface area (Å²) in [4.78, 5) is 2.03. The fourth-order valence-corrected chi connectivity index (χ4v) is 1.29. The number of rotatable bonds is 3. The van der Waals surface area contributed by atoms with Gasteiger partial charge < -0.3 is 10.0 Å². The van der Waals surface area contributed by atoms with Crippen molar-refractivity contribution in [1.82, 2.24) is 4.90 Å². The van der Waals surface area contributed by atoms with Crippen LogP contribution in [0, 0.1) is 0 Å². The molecular weight excluding hydrogens is 174 g/mol. The second-order valence-electron chi connectivity index (χ2n) is 4.36. The molecule has 1 atom stereocenters. The molecule has 0 aliphatic carbocycles. The van der Waals surface area contributed by atoms with Gasteiger partial charge in [-0.1, -0.05) is 30.3 Å². The first-order chi connectivity index (χ1) is 6.46. The zero-order valence-corrected chi connectivity index (χ0v) is 9.36. The Bertz CT molecular complexity index is 280. The van der Waals surface area contributed by atoms with Gasteiger partial charge in [-0.3, -0.25) is 0 Å². The minimum absolute atomic E-state index is 0.249. The van der Waals surface area contributed by atoms with Gasteiger partial charge in [-0.05, 0) is 33.5 Å². The van der Waals surface area contributed by atoms with Crippen LogP contribution in [0.25, 0.3) is 0 Å². The van der Waals surface area contributed by atoms with Gasteiger partial charge in [0.1, 0.15) is 0 Å². The summed E-state index contributed by atoms with van der Waals surface area (Å²) in [5, 5.41) is 10.2. The highest BCUT2D eigenvalue weighted by atomic mass is 16.3. The Kier molecular flexibility index (Phi) is 3.29. The van der Waals surface area contributed by atoms with Gasteiger partial charge in [-0.2, -0.15) is 0 Å². The molecule has 1 rings (SSSR count). The molecule has 1 aromatic carbocycles.